The number of hydrogen-bond donors (Lipinski definition) is 2. The molecule has 1 saturated heterocycles. The van der Waals surface area contributed by atoms with Gasteiger partial charge in [-0.2, -0.15) is 0 Å². The Morgan fingerprint density at radius 3 is 2.09 bits per heavy atom. The lowest BCUT2D eigenvalue weighted by molar-refractivity contribution is -0.539. The molecule has 0 aliphatic carbocycles. The third-order valence-electron chi connectivity index (χ3n) is 6.06. The summed E-state index contributed by atoms with van der Waals surface area (Å²) in [4.78, 5) is 1.67. The maximum atomic E-state index is 14.1. The summed E-state index contributed by atoms with van der Waals surface area (Å²) in [5, 5.41) is 7.43. The molecule has 5 rings (SSSR count). The van der Waals surface area contributed by atoms with E-state index in [1.54, 1.807) is 11.0 Å². The van der Waals surface area contributed by atoms with Crippen LogP contribution < -0.4 is 23.0 Å². The Balaban J connectivity index is 0.00000289. The van der Waals surface area contributed by atoms with Gasteiger partial charge in [-0.25, -0.2) is 27.3 Å². The topological polar surface area (TPSA) is 30.3 Å². The minimum atomic E-state index is -2.15. The van der Waals surface area contributed by atoms with Gasteiger partial charge in [-0.3, -0.25) is 9.48 Å². The Labute approximate surface area is 209 Å². The zero-order valence-corrected chi connectivity index (χ0v) is 19.6. The van der Waals surface area contributed by atoms with Crippen molar-refractivity contribution >= 4 is 34.5 Å². The standard InChI is InChI=1S/C24H18ClF5N4.ClH/c25-13-5-6-17-18(11-13)32-24(14-3-1-2-4-16(14)31-17)34-9-7-33(8-10-34)12-15-19(26)21(28)23(30)22(29)20(15)27;/h1-6,11H,7-10,12H2,(H,31,32);1H. The molecule has 3 aromatic carbocycles. The van der Waals surface area contributed by atoms with Crippen LogP contribution in [0.1, 0.15) is 11.1 Å². The summed E-state index contributed by atoms with van der Waals surface area (Å²) in [6, 6.07) is 13.3. The van der Waals surface area contributed by atoms with E-state index in [2.05, 4.69) is 15.2 Å². The summed E-state index contributed by atoms with van der Waals surface area (Å²) >= 11 is 6.19. The molecular weight excluding hydrogens is 510 g/mol. The highest BCUT2D eigenvalue weighted by Gasteiger charge is 2.30. The first-order valence-electron chi connectivity index (χ1n) is 10.6. The van der Waals surface area contributed by atoms with Crippen LogP contribution in [0.5, 0.6) is 0 Å². The van der Waals surface area contributed by atoms with Gasteiger partial charge in [0.15, 0.2) is 23.3 Å². The second kappa shape index (κ2) is 10.0. The maximum absolute atomic E-state index is 14.1. The van der Waals surface area contributed by atoms with Crippen LogP contribution >= 0.6 is 11.6 Å². The lowest BCUT2D eigenvalue weighted by Gasteiger charge is -2.28. The van der Waals surface area contributed by atoms with E-state index in [0.29, 0.717) is 31.2 Å². The third-order valence-corrected chi connectivity index (χ3v) is 6.29. The van der Waals surface area contributed by atoms with Gasteiger partial charge >= 0.3 is 0 Å². The number of nitrogens with zero attached hydrogens (tertiary/aromatic N) is 2. The molecule has 1 fully saturated rings. The molecular formula is C24H19Cl2F5N4. The average Bonchev–Trinajstić information content (AvgIpc) is 3.01. The molecule has 0 bridgehead atoms. The summed E-state index contributed by atoms with van der Waals surface area (Å²) in [6.45, 7) is 1.30. The van der Waals surface area contributed by atoms with Crippen molar-refractivity contribution in [1.29, 1.82) is 0 Å². The van der Waals surface area contributed by atoms with Crippen molar-refractivity contribution in [3.05, 3.63) is 87.7 Å². The van der Waals surface area contributed by atoms with E-state index in [4.69, 9.17) is 11.6 Å². The second-order valence-electron chi connectivity index (χ2n) is 8.15. The fraction of sp³-hybridized carbons (Fsp3) is 0.208. The molecule has 2 N–H and O–H groups in total. The number of anilines is 3. The Bertz CT molecular complexity index is 1290. The minimum Gasteiger partial charge on any atom is -1.00 e. The van der Waals surface area contributed by atoms with Gasteiger partial charge in [0.1, 0.15) is 5.69 Å². The highest BCUT2D eigenvalue weighted by Crippen LogP contribution is 2.34. The van der Waals surface area contributed by atoms with E-state index >= 15 is 0 Å². The van der Waals surface area contributed by atoms with Gasteiger partial charge in [-0.05, 0) is 24.3 Å². The van der Waals surface area contributed by atoms with Gasteiger partial charge in [0.2, 0.25) is 5.82 Å². The molecule has 0 unspecified atom stereocenters. The normalized spacial score (nSPS) is 15.4. The Hall–Kier alpha value is -2.88. The van der Waals surface area contributed by atoms with E-state index in [1.807, 2.05) is 36.4 Å². The van der Waals surface area contributed by atoms with Crippen LogP contribution in [0.3, 0.4) is 0 Å². The van der Waals surface area contributed by atoms with Gasteiger partial charge < -0.3 is 17.7 Å². The monoisotopic (exact) mass is 528 g/mol. The molecule has 35 heavy (non-hydrogen) atoms. The molecule has 4 nitrogen and oxygen atoms in total. The van der Waals surface area contributed by atoms with Crippen LogP contribution in [-0.4, -0.2) is 41.5 Å². The average molecular weight is 529 g/mol. The van der Waals surface area contributed by atoms with Crippen LogP contribution in [0.15, 0.2) is 42.5 Å². The molecule has 2 aliphatic heterocycles. The van der Waals surface area contributed by atoms with E-state index in [-0.39, 0.29) is 19.0 Å². The predicted octanol–water partition coefficient (Wildman–Crippen LogP) is 2.48. The zero-order valence-electron chi connectivity index (χ0n) is 18.1. The Kier molecular flexibility index (Phi) is 7.21. The summed E-state index contributed by atoms with van der Waals surface area (Å²) in [5.74, 6) is -8.73. The van der Waals surface area contributed by atoms with Crippen molar-refractivity contribution in [2.24, 2.45) is 0 Å². The third kappa shape index (κ3) is 4.68. The number of fused-ring (bicyclic) bond motifs is 2. The largest absolute Gasteiger partial charge is 1.00 e. The van der Waals surface area contributed by atoms with Gasteiger partial charge in [0.25, 0.3) is 5.84 Å². The van der Waals surface area contributed by atoms with Crippen molar-refractivity contribution in [2.45, 2.75) is 6.54 Å². The van der Waals surface area contributed by atoms with Gasteiger partial charge in [0, 0.05) is 36.3 Å². The molecule has 0 atom stereocenters. The highest BCUT2D eigenvalue weighted by molar-refractivity contribution is 6.31. The fourth-order valence-electron chi connectivity index (χ4n) is 4.26. The number of amidine groups is 1. The molecule has 11 heteroatoms. The minimum absolute atomic E-state index is 0. The number of nitrogens with one attached hydrogen (secondary N) is 2. The lowest BCUT2D eigenvalue weighted by Crippen LogP contribution is -3.00. The van der Waals surface area contributed by atoms with Crippen molar-refractivity contribution < 1.29 is 38.9 Å². The Morgan fingerprint density at radius 2 is 1.40 bits per heavy atom. The summed E-state index contributed by atoms with van der Waals surface area (Å²) < 4.78 is 70.8. The molecule has 0 spiro atoms. The van der Waals surface area contributed by atoms with Gasteiger partial charge in [0.05, 0.1) is 30.0 Å². The van der Waals surface area contributed by atoms with E-state index in [0.717, 1.165) is 28.5 Å². The van der Waals surface area contributed by atoms with Crippen molar-refractivity contribution in [3.8, 4) is 0 Å². The summed E-state index contributed by atoms with van der Waals surface area (Å²) in [7, 11) is 0. The quantitative estimate of drug-likeness (QED) is 0.232. The molecule has 0 amide bonds. The first kappa shape index (κ1) is 25.2. The summed E-state index contributed by atoms with van der Waals surface area (Å²) in [6.07, 6.45) is 0. The lowest BCUT2D eigenvalue weighted by atomic mass is 10.1. The van der Waals surface area contributed by atoms with Crippen LogP contribution in [0.2, 0.25) is 5.02 Å². The van der Waals surface area contributed by atoms with E-state index in [9.17, 15) is 22.0 Å². The predicted molar refractivity (Wildman–Crippen MR) is 120 cm³/mol. The molecule has 0 radical (unpaired) electrons. The number of benzene rings is 3. The molecule has 184 valence electrons. The smallest absolute Gasteiger partial charge is 0.284 e. The van der Waals surface area contributed by atoms with Gasteiger partial charge in [-0.15, -0.1) is 0 Å². The molecule has 2 heterocycles. The molecule has 3 aromatic rings. The number of piperazine rings is 1. The number of hydrogen-bond acceptors (Lipinski definition) is 2. The van der Waals surface area contributed by atoms with E-state index in [1.165, 1.54) is 0 Å². The van der Waals surface area contributed by atoms with Crippen molar-refractivity contribution in [3.63, 3.8) is 0 Å². The number of halogens is 7. The Morgan fingerprint density at radius 1 is 0.771 bits per heavy atom. The van der Waals surface area contributed by atoms with E-state index < -0.39 is 34.6 Å². The highest BCUT2D eigenvalue weighted by atomic mass is 35.5. The molecule has 2 aliphatic rings. The molecule has 0 aromatic heterocycles. The second-order valence-corrected chi connectivity index (χ2v) is 8.58. The number of rotatable bonds is 2. The first-order valence-corrected chi connectivity index (χ1v) is 11.0. The maximum Gasteiger partial charge on any atom is 0.284 e. The van der Waals surface area contributed by atoms with Crippen LogP contribution in [0.25, 0.3) is 0 Å². The fourth-order valence-corrected chi connectivity index (χ4v) is 4.43. The SMILES string of the molecule is Fc1c(F)c(F)c(CN2CC[N+](=C3Nc4cc(Cl)ccc4Nc4ccccc43)CC2)c(F)c1F.[Cl-]. The van der Waals surface area contributed by atoms with Crippen LogP contribution in [0, 0.1) is 29.1 Å². The van der Waals surface area contributed by atoms with Crippen molar-refractivity contribution in [1.82, 2.24) is 4.90 Å². The van der Waals surface area contributed by atoms with Crippen LogP contribution in [-0.2, 0) is 6.54 Å². The zero-order chi connectivity index (χ0) is 24.0. The van der Waals surface area contributed by atoms with Crippen molar-refractivity contribution in [2.75, 3.05) is 36.8 Å². The number of para-hydroxylation sites is 1. The first-order chi connectivity index (χ1) is 16.3. The van der Waals surface area contributed by atoms with Crippen LogP contribution in [0.4, 0.5) is 39.0 Å². The van der Waals surface area contributed by atoms with Gasteiger partial charge in [-0.1, -0.05) is 23.7 Å². The summed E-state index contributed by atoms with van der Waals surface area (Å²) in [5.41, 5.74) is 2.67. The molecule has 0 saturated carbocycles.